The van der Waals surface area contributed by atoms with Crippen LogP contribution in [0.4, 0.5) is 0 Å². The third-order valence-electron chi connectivity index (χ3n) is 4.34. The Labute approximate surface area is 148 Å². The van der Waals surface area contributed by atoms with Crippen LogP contribution in [0.25, 0.3) is 11.1 Å². The van der Waals surface area contributed by atoms with Crippen molar-refractivity contribution < 1.29 is 13.2 Å². The van der Waals surface area contributed by atoms with E-state index in [9.17, 15) is 8.42 Å². The number of nitrogens with zero attached hydrogens (tertiary/aromatic N) is 2. The topological polar surface area (TPSA) is 71.5 Å². The van der Waals surface area contributed by atoms with Crippen molar-refractivity contribution in [3.63, 3.8) is 0 Å². The molecule has 1 saturated heterocycles. The lowest BCUT2D eigenvalue weighted by molar-refractivity contribution is 0.344. The van der Waals surface area contributed by atoms with Crippen LogP contribution in [0.2, 0.25) is 0 Å². The molecule has 0 aliphatic carbocycles. The van der Waals surface area contributed by atoms with Crippen molar-refractivity contribution in [1.82, 2.24) is 14.6 Å². The fraction of sp³-hybridized carbons (Fsp3) is 0.389. The predicted octanol–water partition coefficient (Wildman–Crippen LogP) is 2.13. The number of pyridine rings is 1. The summed E-state index contributed by atoms with van der Waals surface area (Å²) in [5, 5.41) is 0. The van der Waals surface area contributed by atoms with E-state index < -0.39 is 10.0 Å². The summed E-state index contributed by atoms with van der Waals surface area (Å²) in [7, 11) is -1.99. The molecule has 25 heavy (non-hydrogen) atoms. The van der Waals surface area contributed by atoms with Gasteiger partial charge in [-0.15, -0.1) is 0 Å². The number of hydrogen-bond donors (Lipinski definition) is 1. The van der Waals surface area contributed by atoms with E-state index in [0.29, 0.717) is 12.4 Å². The van der Waals surface area contributed by atoms with Gasteiger partial charge >= 0.3 is 0 Å². The first kappa shape index (κ1) is 17.8. The van der Waals surface area contributed by atoms with Crippen molar-refractivity contribution in [2.75, 3.05) is 33.3 Å². The zero-order valence-electron chi connectivity index (χ0n) is 14.3. The van der Waals surface area contributed by atoms with Gasteiger partial charge < -0.3 is 9.64 Å². The number of likely N-dealkylation sites (tertiary alicyclic amines) is 1. The molecular formula is C18H23N3O3S. The van der Waals surface area contributed by atoms with Gasteiger partial charge in [0.2, 0.25) is 15.9 Å². The molecule has 2 aromatic rings. The Hall–Kier alpha value is -1.96. The fourth-order valence-electron chi connectivity index (χ4n) is 3.03. The molecule has 0 saturated carbocycles. The van der Waals surface area contributed by atoms with Gasteiger partial charge in [0.05, 0.1) is 12.0 Å². The van der Waals surface area contributed by atoms with E-state index >= 15 is 0 Å². The van der Waals surface area contributed by atoms with E-state index in [-0.39, 0.29) is 4.90 Å². The molecule has 0 bridgehead atoms. The fourth-order valence-corrected chi connectivity index (χ4v) is 4.10. The van der Waals surface area contributed by atoms with Gasteiger partial charge in [0, 0.05) is 24.8 Å². The molecule has 0 atom stereocenters. The minimum atomic E-state index is -3.54. The second-order valence-electron chi connectivity index (χ2n) is 6.03. The Bertz CT molecular complexity index is 818. The van der Waals surface area contributed by atoms with Crippen molar-refractivity contribution in [2.24, 2.45) is 0 Å². The van der Waals surface area contributed by atoms with Crippen LogP contribution in [0.15, 0.2) is 47.5 Å². The quantitative estimate of drug-likeness (QED) is 0.818. The van der Waals surface area contributed by atoms with Crippen molar-refractivity contribution in [3.05, 3.63) is 42.6 Å². The van der Waals surface area contributed by atoms with E-state index in [1.165, 1.54) is 12.8 Å². The molecule has 7 heteroatoms. The number of nitrogens with one attached hydrogen (secondary N) is 1. The summed E-state index contributed by atoms with van der Waals surface area (Å²) in [6.45, 7) is 3.27. The molecule has 1 aliphatic heterocycles. The molecule has 1 aromatic heterocycles. The predicted molar refractivity (Wildman–Crippen MR) is 97.1 cm³/mol. The molecule has 0 radical (unpaired) electrons. The Balaban J connectivity index is 1.75. The number of hydrogen-bond acceptors (Lipinski definition) is 5. The second kappa shape index (κ2) is 7.95. The van der Waals surface area contributed by atoms with E-state index in [1.54, 1.807) is 37.6 Å². The zero-order chi connectivity index (χ0) is 17.7. The first-order valence-corrected chi connectivity index (χ1v) is 9.90. The standard InChI is InChI=1S/C18H23N3O3S/c1-24-18-17(8-5-9-19-18)15-6-4-7-16(14-15)25(22,23)20-10-13-21-11-2-3-12-21/h4-9,14,20H,2-3,10-13H2,1H3. The van der Waals surface area contributed by atoms with E-state index in [0.717, 1.165) is 30.8 Å². The summed E-state index contributed by atoms with van der Waals surface area (Å²) < 4.78 is 33.1. The van der Waals surface area contributed by atoms with Gasteiger partial charge in [-0.05, 0) is 55.8 Å². The van der Waals surface area contributed by atoms with Crippen LogP contribution >= 0.6 is 0 Å². The van der Waals surface area contributed by atoms with Crippen LogP contribution in [0.3, 0.4) is 0 Å². The summed E-state index contributed by atoms with van der Waals surface area (Å²) in [6.07, 6.45) is 4.03. The molecule has 0 spiro atoms. The Morgan fingerprint density at radius 2 is 2.00 bits per heavy atom. The van der Waals surface area contributed by atoms with Crippen LogP contribution in [0.5, 0.6) is 5.88 Å². The summed E-state index contributed by atoms with van der Waals surface area (Å²) in [4.78, 5) is 6.69. The maximum Gasteiger partial charge on any atom is 0.240 e. The minimum Gasteiger partial charge on any atom is -0.481 e. The molecule has 0 unspecified atom stereocenters. The monoisotopic (exact) mass is 361 g/mol. The Kier molecular flexibility index (Phi) is 5.67. The van der Waals surface area contributed by atoms with Crippen LogP contribution < -0.4 is 9.46 Å². The highest BCUT2D eigenvalue weighted by Gasteiger charge is 2.17. The largest absolute Gasteiger partial charge is 0.481 e. The number of aromatic nitrogens is 1. The molecule has 0 amide bonds. The maximum atomic E-state index is 12.6. The smallest absolute Gasteiger partial charge is 0.240 e. The molecule has 1 N–H and O–H groups in total. The Morgan fingerprint density at radius 1 is 1.20 bits per heavy atom. The van der Waals surface area contributed by atoms with E-state index in [1.807, 2.05) is 12.1 Å². The summed E-state index contributed by atoms with van der Waals surface area (Å²) >= 11 is 0. The van der Waals surface area contributed by atoms with Gasteiger partial charge in [0.25, 0.3) is 0 Å². The zero-order valence-corrected chi connectivity index (χ0v) is 15.1. The Morgan fingerprint density at radius 3 is 2.76 bits per heavy atom. The van der Waals surface area contributed by atoms with Crippen LogP contribution in [-0.2, 0) is 10.0 Å². The average molecular weight is 361 g/mol. The van der Waals surface area contributed by atoms with Gasteiger partial charge in [-0.1, -0.05) is 12.1 Å². The molecule has 3 rings (SSSR count). The van der Waals surface area contributed by atoms with Crippen molar-refractivity contribution >= 4 is 10.0 Å². The average Bonchev–Trinajstić information content (AvgIpc) is 3.15. The highest BCUT2D eigenvalue weighted by molar-refractivity contribution is 7.89. The lowest BCUT2D eigenvalue weighted by atomic mass is 10.1. The lowest BCUT2D eigenvalue weighted by Gasteiger charge is -2.15. The normalized spacial score (nSPS) is 15.4. The van der Waals surface area contributed by atoms with Gasteiger partial charge in [-0.25, -0.2) is 18.1 Å². The number of methoxy groups -OCH3 is 1. The lowest BCUT2D eigenvalue weighted by Crippen LogP contribution is -2.33. The third-order valence-corrected chi connectivity index (χ3v) is 5.80. The highest BCUT2D eigenvalue weighted by atomic mass is 32.2. The van der Waals surface area contributed by atoms with Gasteiger partial charge in [-0.2, -0.15) is 0 Å². The molecule has 134 valence electrons. The number of rotatable bonds is 7. The molecule has 1 aromatic carbocycles. The number of sulfonamides is 1. The SMILES string of the molecule is COc1ncccc1-c1cccc(S(=O)(=O)NCCN2CCCC2)c1. The van der Waals surface area contributed by atoms with Crippen LogP contribution in [-0.4, -0.2) is 51.6 Å². The first-order valence-electron chi connectivity index (χ1n) is 8.41. The number of ether oxygens (including phenoxy) is 1. The molecular weight excluding hydrogens is 338 g/mol. The van der Waals surface area contributed by atoms with Crippen LogP contribution in [0, 0.1) is 0 Å². The van der Waals surface area contributed by atoms with Gasteiger partial charge in [0.15, 0.2) is 0 Å². The highest BCUT2D eigenvalue weighted by Crippen LogP contribution is 2.28. The van der Waals surface area contributed by atoms with Gasteiger partial charge in [-0.3, -0.25) is 0 Å². The van der Waals surface area contributed by atoms with E-state index in [4.69, 9.17) is 4.74 Å². The maximum absolute atomic E-state index is 12.6. The number of benzene rings is 1. The summed E-state index contributed by atoms with van der Waals surface area (Å²) in [5.74, 6) is 0.471. The molecule has 6 nitrogen and oxygen atoms in total. The molecule has 1 fully saturated rings. The summed E-state index contributed by atoms with van der Waals surface area (Å²) in [5.41, 5.74) is 1.52. The van der Waals surface area contributed by atoms with Crippen molar-refractivity contribution in [2.45, 2.75) is 17.7 Å². The van der Waals surface area contributed by atoms with Crippen molar-refractivity contribution in [1.29, 1.82) is 0 Å². The van der Waals surface area contributed by atoms with Crippen molar-refractivity contribution in [3.8, 4) is 17.0 Å². The van der Waals surface area contributed by atoms with E-state index in [2.05, 4.69) is 14.6 Å². The summed E-state index contributed by atoms with van der Waals surface area (Å²) in [6, 6.07) is 10.5. The van der Waals surface area contributed by atoms with Crippen LogP contribution in [0.1, 0.15) is 12.8 Å². The first-order chi connectivity index (χ1) is 12.1. The third kappa shape index (κ3) is 4.36. The molecule has 1 aliphatic rings. The van der Waals surface area contributed by atoms with Gasteiger partial charge in [0.1, 0.15) is 0 Å². The molecule has 2 heterocycles. The second-order valence-corrected chi connectivity index (χ2v) is 7.80. The minimum absolute atomic E-state index is 0.248.